The number of aliphatic hydroxyl groups excluding tert-OH is 1. The van der Waals surface area contributed by atoms with Crippen LogP contribution in [0, 0.1) is 0 Å². The minimum atomic E-state index is -1.44. The molecule has 0 saturated carbocycles. The Balaban J connectivity index is 1.46. The summed E-state index contributed by atoms with van der Waals surface area (Å²) in [4.78, 5) is 23.9. The molecule has 0 fully saturated rings. The third-order valence-corrected chi connectivity index (χ3v) is 4.19. The lowest BCUT2D eigenvalue weighted by atomic mass is 10.1. The van der Waals surface area contributed by atoms with E-state index in [-0.39, 0.29) is 0 Å². The number of carbonyl (C=O) groups is 2. The van der Waals surface area contributed by atoms with Crippen LogP contribution in [-0.4, -0.2) is 30.2 Å². The number of esters is 1. The molecule has 3 aromatic carbocycles. The van der Waals surface area contributed by atoms with Crippen molar-refractivity contribution in [3.8, 4) is 17.2 Å². The van der Waals surface area contributed by atoms with Gasteiger partial charge in [0.2, 0.25) is 0 Å². The summed E-state index contributed by atoms with van der Waals surface area (Å²) < 4.78 is 16.0. The van der Waals surface area contributed by atoms with Gasteiger partial charge in [0, 0.05) is 5.69 Å². The zero-order valence-corrected chi connectivity index (χ0v) is 17.0. The van der Waals surface area contributed by atoms with Crippen molar-refractivity contribution in [2.24, 2.45) is 0 Å². The predicted octanol–water partition coefficient (Wildman–Crippen LogP) is 4.09. The highest BCUT2D eigenvalue weighted by Crippen LogP contribution is 2.25. The first kappa shape index (κ1) is 21.9. The Bertz CT molecular complexity index is 987. The van der Waals surface area contributed by atoms with Crippen LogP contribution in [0.1, 0.15) is 18.6 Å². The highest BCUT2D eigenvalue weighted by molar-refractivity contribution is 5.93. The number of amides is 1. The molecular formula is C24H23NO6. The van der Waals surface area contributed by atoms with Crippen LogP contribution in [0.15, 0.2) is 78.9 Å². The first-order chi connectivity index (χ1) is 15.0. The average Bonchev–Trinajstić information content (AvgIpc) is 2.80. The number of anilines is 1. The third kappa shape index (κ3) is 6.58. The molecule has 1 atom stereocenters. The SMILES string of the molecule is CCOc1ccc(Oc2ccc(NC(=O)COC(=O)[C@H](O)c3ccccc3)cc2)cc1. The van der Waals surface area contributed by atoms with Crippen LogP contribution in [0.25, 0.3) is 0 Å². The number of hydrogen-bond donors (Lipinski definition) is 2. The van der Waals surface area contributed by atoms with Gasteiger partial charge in [0.15, 0.2) is 12.7 Å². The van der Waals surface area contributed by atoms with Crippen LogP contribution in [0.4, 0.5) is 5.69 Å². The monoisotopic (exact) mass is 421 g/mol. The van der Waals surface area contributed by atoms with Gasteiger partial charge in [0.25, 0.3) is 5.91 Å². The Morgan fingerprint density at radius 1 is 0.871 bits per heavy atom. The zero-order valence-electron chi connectivity index (χ0n) is 17.0. The molecule has 0 heterocycles. The molecule has 0 saturated heterocycles. The Morgan fingerprint density at radius 3 is 2.06 bits per heavy atom. The van der Waals surface area contributed by atoms with E-state index in [9.17, 15) is 14.7 Å². The van der Waals surface area contributed by atoms with E-state index < -0.39 is 24.6 Å². The number of benzene rings is 3. The quantitative estimate of drug-likeness (QED) is 0.506. The van der Waals surface area contributed by atoms with Gasteiger partial charge in [-0.05, 0) is 61.0 Å². The number of rotatable bonds is 9. The lowest BCUT2D eigenvalue weighted by Gasteiger charge is -2.11. The van der Waals surface area contributed by atoms with Crippen LogP contribution >= 0.6 is 0 Å². The van der Waals surface area contributed by atoms with Crippen LogP contribution in [0.5, 0.6) is 17.2 Å². The lowest BCUT2D eigenvalue weighted by Crippen LogP contribution is -2.23. The van der Waals surface area contributed by atoms with Gasteiger partial charge < -0.3 is 24.6 Å². The van der Waals surface area contributed by atoms with E-state index in [0.29, 0.717) is 29.4 Å². The summed E-state index contributed by atoms with van der Waals surface area (Å²) in [5, 5.41) is 12.6. The Kier molecular flexibility index (Phi) is 7.61. The molecule has 160 valence electrons. The second kappa shape index (κ2) is 10.8. The predicted molar refractivity (Wildman–Crippen MR) is 115 cm³/mol. The normalized spacial score (nSPS) is 11.3. The highest BCUT2D eigenvalue weighted by atomic mass is 16.5. The number of hydrogen-bond acceptors (Lipinski definition) is 6. The van der Waals surface area contributed by atoms with Crippen molar-refractivity contribution < 1.29 is 28.9 Å². The molecule has 0 aliphatic heterocycles. The van der Waals surface area contributed by atoms with E-state index in [1.807, 2.05) is 19.1 Å². The fourth-order valence-corrected chi connectivity index (χ4v) is 2.70. The lowest BCUT2D eigenvalue weighted by molar-refractivity contribution is -0.156. The van der Waals surface area contributed by atoms with Gasteiger partial charge in [-0.25, -0.2) is 4.79 Å². The Hall–Kier alpha value is -3.84. The van der Waals surface area contributed by atoms with Gasteiger partial charge in [-0.1, -0.05) is 30.3 Å². The van der Waals surface area contributed by atoms with Crippen LogP contribution in [0.2, 0.25) is 0 Å². The molecule has 7 nitrogen and oxygen atoms in total. The minimum Gasteiger partial charge on any atom is -0.494 e. The molecule has 0 radical (unpaired) electrons. The smallest absolute Gasteiger partial charge is 0.340 e. The van der Waals surface area contributed by atoms with Crippen molar-refractivity contribution in [3.05, 3.63) is 84.4 Å². The number of aliphatic hydroxyl groups is 1. The van der Waals surface area contributed by atoms with Crippen LogP contribution in [0.3, 0.4) is 0 Å². The van der Waals surface area contributed by atoms with Gasteiger partial charge in [-0.2, -0.15) is 0 Å². The topological polar surface area (TPSA) is 94.1 Å². The summed E-state index contributed by atoms with van der Waals surface area (Å²) in [5.41, 5.74) is 0.916. The maximum Gasteiger partial charge on any atom is 0.340 e. The van der Waals surface area contributed by atoms with Gasteiger partial charge >= 0.3 is 5.97 Å². The molecule has 0 unspecified atom stereocenters. The molecule has 3 aromatic rings. The minimum absolute atomic E-state index is 0.399. The fraction of sp³-hybridized carbons (Fsp3) is 0.167. The van der Waals surface area contributed by atoms with Crippen LogP contribution < -0.4 is 14.8 Å². The van der Waals surface area contributed by atoms with E-state index in [1.54, 1.807) is 66.7 Å². The van der Waals surface area contributed by atoms with Gasteiger partial charge in [0.05, 0.1) is 6.61 Å². The summed E-state index contributed by atoms with van der Waals surface area (Å²) in [7, 11) is 0. The van der Waals surface area contributed by atoms with Crippen molar-refractivity contribution in [1.29, 1.82) is 0 Å². The number of nitrogens with one attached hydrogen (secondary N) is 1. The first-order valence-electron chi connectivity index (χ1n) is 9.75. The summed E-state index contributed by atoms with van der Waals surface area (Å²) >= 11 is 0. The fourth-order valence-electron chi connectivity index (χ4n) is 2.70. The van der Waals surface area contributed by atoms with E-state index in [1.165, 1.54) is 0 Å². The van der Waals surface area contributed by atoms with E-state index in [2.05, 4.69) is 5.32 Å². The summed E-state index contributed by atoms with van der Waals surface area (Å²) in [6, 6.07) is 22.4. The van der Waals surface area contributed by atoms with Crippen molar-refractivity contribution in [1.82, 2.24) is 0 Å². The largest absolute Gasteiger partial charge is 0.494 e. The van der Waals surface area contributed by atoms with Gasteiger partial charge in [0.1, 0.15) is 17.2 Å². The summed E-state index contributed by atoms with van der Waals surface area (Å²) in [6.45, 7) is 2.01. The third-order valence-electron chi connectivity index (χ3n) is 4.19. The van der Waals surface area contributed by atoms with Crippen molar-refractivity contribution in [2.75, 3.05) is 18.5 Å². The molecular weight excluding hydrogens is 398 g/mol. The molecule has 0 bridgehead atoms. The molecule has 3 rings (SSSR count). The molecule has 7 heteroatoms. The Morgan fingerprint density at radius 2 is 1.45 bits per heavy atom. The molecule has 2 N–H and O–H groups in total. The number of ether oxygens (including phenoxy) is 3. The summed E-state index contributed by atoms with van der Waals surface area (Å²) in [6.07, 6.45) is -1.44. The van der Waals surface area contributed by atoms with E-state index in [4.69, 9.17) is 14.2 Å². The van der Waals surface area contributed by atoms with Crippen LogP contribution in [-0.2, 0) is 14.3 Å². The van der Waals surface area contributed by atoms with Crippen molar-refractivity contribution >= 4 is 17.6 Å². The maximum atomic E-state index is 12.0. The van der Waals surface area contributed by atoms with Crippen molar-refractivity contribution in [2.45, 2.75) is 13.0 Å². The van der Waals surface area contributed by atoms with Gasteiger partial charge in [-0.3, -0.25) is 4.79 Å². The maximum absolute atomic E-state index is 12.0. The molecule has 1 amide bonds. The van der Waals surface area contributed by atoms with E-state index in [0.717, 1.165) is 5.75 Å². The van der Waals surface area contributed by atoms with E-state index >= 15 is 0 Å². The molecule has 0 aliphatic rings. The zero-order chi connectivity index (χ0) is 22.1. The first-order valence-corrected chi connectivity index (χ1v) is 9.75. The highest BCUT2D eigenvalue weighted by Gasteiger charge is 2.19. The van der Waals surface area contributed by atoms with Gasteiger partial charge in [-0.15, -0.1) is 0 Å². The molecule has 0 aromatic heterocycles. The standard InChI is InChI=1S/C24H23NO6/c1-2-29-19-12-14-21(15-13-19)31-20-10-8-18(9-11-20)25-22(26)16-30-24(28)23(27)17-6-4-3-5-7-17/h3-15,23,27H,2,16H2,1H3,(H,25,26)/t23-/m1/s1. The Labute approximate surface area is 180 Å². The summed E-state index contributed by atoms with van der Waals surface area (Å²) in [5.74, 6) is 0.614. The second-order valence-electron chi connectivity index (χ2n) is 6.50. The second-order valence-corrected chi connectivity index (χ2v) is 6.50. The average molecular weight is 421 g/mol. The molecule has 31 heavy (non-hydrogen) atoms. The molecule has 0 spiro atoms. The molecule has 0 aliphatic carbocycles. The van der Waals surface area contributed by atoms with Crippen molar-refractivity contribution in [3.63, 3.8) is 0 Å². The number of carbonyl (C=O) groups excluding carboxylic acids is 2.